The van der Waals surface area contributed by atoms with E-state index in [1.165, 1.54) is 24.3 Å². The van der Waals surface area contributed by atoms with E-state index in [0.29, 0.717) is 11.4 Å². The van der Waals surface area contributed by atoms with Crippen molar-refractivity contribution in [2.24, 2.45) is 0 Å². The van der Waals surface area contributed by atoms with E-state index >= 15 is 0 Å². The molecule has 1 atom stereocenters. The van der Waals surface area contributed by atoms with E-state index in [9.17, 15) is 9.18 Å². The number of benzene rings is 2. The molecule has 3 rings (SSSR count). The van der Waals surface area contributed by atoms with Crippen LogP contribution in [0, 0.1) is 19.7 Å². The molecular weight excluding hydrogens is 337 g/mol. The molecule has 0 aliphatic carbocycles. The number of halogens is 1. The summed E-state index contributed by atoms with van der Waals surface area (Å²) < 4.78 is 23.2. The van der Waals surface area contributed by atoms with Crippen LogP contribution >= 0.6 is 0 Å². The van der Waals surface area contributed by atoms with Crippen LogP contribution in [0.1, 0.15) is 18.1 Å². The average Bonchev–Trinajstić information content (AvgIpc) is 3.07. The van der Waals surface area contributed by atoms with Gasteiger partial charge in [-0.15, -0.1) is 0 Å². The van der Waals surface area contributed by atoms with Crippen molar-refractivity contribution in [1.82, 2.24) is 10.3 Å². The van der Waals surface area contributed by atoms with Crippen LogP contribution in [-0.4, -0.2) is 22.3 Å². The lowest BCUT2D eigenvalue weighted by Gasteiger charge is -2.14. The topological polar surface area (TPSA) is 77.3 Å². The second kappa shape index (κ2) is 7.35. The van der Waals surface area contributed by atoms with Gasteiger partial charge in [-0.2, -0.15) is 0 Å². The Morgan fingerprint density at radius 1 is 1.12 bits per heavy atom. The van der Waals surface area contributed by atoms with Crippen molar-refractivity contribution in [2.45, 2.75) is 26.9 Å². The van der Waals surface area contributed by atoms with Crippen molar-refractivity contribution in [1.29, 1.82) is 0 Å². The molecule has 0 aliphatic heterocycles. The number of amides is 1. The highest BCUT2D eigenvalue weighted by Gasteiger charge is 2.20. The van der Waals surface area contributed by atoms with Gasteiger partial charge in [-0.25, -0.2) is 9.02 Å². The van der Waals surface area contributed by atoms with Crippen molar-refractivity contribution in [3.63, 3.8) is 0 Å². The number of rotatable bonds is 5. The summed E-state index contributed by atoms with van der Waals surface area (Å²) in [6.45, 7) is 5.59. The molecule has 0 radical (unpaired) electrons. The fourth-order valence-electron chi connectivity index (χ4n) is 2.34. The van der Waals surface area contributed by atoms with Crippen molar-refractivity contribution < 1.29 is 18.6 Å². The second-order valence-corrected chi connectivity index (χ2v) is 5.96. The predicted molar refractivity (Wildman–Crippen MR) is 94.3 cm³/mol. The molecule has 0 bridgehead atoms. The molecule has 1 amide bonds. The fourth-order valence-corrected chi connectivity index (χ4v) is 2.34. The van der Waals surface area contributed by atoms with E-state index in [4.69, 9.17) is 9.37 Å². The van der Waals surface area contributed by atoms with Crippen molar-refractivity contribution >= 4 is 11.7 Å². The summed E-state index contributed by atoms with van der Waals surface area (Å²) in [5.74, 6) is -0.189. The van der Waals surface area contributed by atoms with Gasteiger partial charge in [0, 0.05) is 5.56 Å². The SMILES string of the molecule is Cc1ccc(-c2nonc2NC(=O)[C@@H](C)Oc2ccc(F)cc2)cc1C. The van der Waals surface area contributed by atoms with Gasteiger partial charge in [0.15, 0.2) is 11.8 Å². The maximum absolute atomic E-state index is 12.9. The van der Waals surface area contributed by atoms with Crippen LogP contribution in [0.3, 0.4) is 0 Å². The highest BCUT2D eigenvalue weighted by atomic mass is 19.1. The molecular formula is C19H18FN3O3. The van der Waals surface area contributed by atoms with E-state index < -0.39 is 12.0 Å². The summed E-state index contributed by atoms with van der Waals surface area (Å²) in [4.78, 5) is 12.4. The van der Waals surface area contributed by atoms with Crippen LogP contribution in [0.5, 0.6) is 5.75 Å². The quantitative estimate of drug-likeness (QED) is 0.751. The number of hydrogen-bond donors (Lipinski definition) is 1. The largest absolute Gasteiger partial charge is 0.481 e. The third-order valence-electron chi connectivity index (χ3n) is 4.01. The molecule has 3 aromatic rings. The minimum atomic E-state index is -0.815. The zero-order valence-electron chi connectivity index (χ0n) is 14.6. The summed E-state index contributed by atoms with van der Waals surface area (Å²) in [6, 6.07) is 11.2. The zero-order chi connectivity index (χ0) is 18.7. The highest BCUT2D eigenvalue weighted by molar-refractivity contribution is 5.96. The Kier molecular flexibility index (Phi) is 4.97. The van der Waals surface area contributed by atoms with Crippen LogP contribution in [0.25, 0.3) is 11.3 Å². The Bertz CT molecular complexity index is 922. The van der Waals surface area contributed by atoms with Gasteiger partial charge in [0.25, 0.3) is 5.91 Å². The van der Waals surface area contributed by atoms with Gasteiger partial charge in [0.05, 0.1) is 0 Å². The molecule has 134 valence electrons. The molecule has 0 aliphatic rings. The van der Waals surface area contributed by atoms with Crippen LogP contribution in [0.15, 0.2) is 47.1 Å². The number of nitrogens with zero attached hydrogens (tertiary/aromatic N) is 2. The number of aryl methyl sites for hydroxylation is 2. The molecule has 0 saturated heterocycles. The molecule has 0 fully saturated rings. The summed E-state index contributed by atoms with van der Waals surface area (Å²) >= 11 is 0. The minimum absolute atomic E-state index is 0.216. The van der Waals surface area contributed by atoms with Crippen LogP contribution in [0.2, 0.25) is 0 Å². The van der Waals surface area contributed by atoms with E-state index in [1.54, 1.807) is 6.92 Å². The normalized spacial score (nSPS) is 11.8. The van der Waals surface area contributed by atoms with Gasteiger partial charge >= 0.3 is 0 Å². The standard InChI is InChI=1S/C19H18FN3O3/c1-11-4-5-14(10-12(11)2)17-18(23-26-22-17)21-19(24)13(3)25-16-8-6-15(20)7-9-16/h4-10,13H,1-3H3,(H,21,23,24)/t13-/m1/s1. The smallest absolute Gasteiger partial charge is 0.266 e. The van der Waals surface area contributed by atoms with Gasteiger partial charge in [-0.05, 0) is 72.5 Å². The Labute approximate surface area is 149 Å². The van der Waals surface area contributed by atoms with Crippen LogP contribution in [-0.2, 0) is 4.79 Å². The van der Waals surface area contributed by atoms with E-state index in [-0.39, 0.29) is 11.6 Å². The first kappa shape index (κ1) is 17.6. The second-order valence-electron chi connectivity index (χ2n) is 5.96. The molecule has 6 nitrogen and oxygen atoms in total. The lowest BCUT2D eigenvalue weighted by Crippen LogP contribution is -2.30. The highest BCUT2D eigenvalue weighted by Crippen LogP contribution is 2.26. The maximum atomic E-state index is 12.9. The van der Waals surface area contributed by atoms with Gasteiger partial charge in [-0.3, -0.25) is 4.79 Å². The number of ether oxygens (including phenoxy) is 1. The fraction of sp³-hybridized carbons (Fsp3) is 0.211. The van der Waals surface area contributed by atoms with E-state index in [2.05, 4.69) is 15.6 Å². The first-order valence-corrected chi connectivity index (χ1v) is 8.07. The molecule has 0 saturated carbocycles. The first-order valence-electron chi connectivity index (χ1n) is 8.07. The van der Waals surface area contributed by atoms with Gasteiger partial charge in [0.2, 0.25) is 5.82 Å². The summed E-state index contributed by atoms with van der Waals surface area (Å²) in [6.07, 6.45) is -0.815. The van der Waals surface area contributed by atoms with Gasteiger partial charge in [-0.1, -0.05) is 12.1 Å². The average molecular weight is 355 g/mol. The lowest BCUT2D eigenvalue weighted by molar-refractivity contribution is -0.122. The molecule has 1 N–H and O–H groups in total. The summed E-state index contributed by atoms with van der Waals surface area (Å²) in [7, 11) is 0. The monoisotopic (exact) mass is 355 g/mol. The Balaban J connectivity index is 1.72. The molecule has 7 heteroatoms. The maximum Gasteiger partial charge on any atom is 0.266 e. The number of carbonyl (C=O) groups is 1. The van der Waals surface area contributed by atoms with Crippen molar-refractivity contribution in [2.75, 3.05) is 5.32 Å². The molecule has 2 aromatic carbocycles. The molecule has 0 spiro atoms. The minimum Gasteiger partial charge on any atom is -0.481 e. The predicted octanol–water partition coefficient (Wildman–Crippen LogP) is 3.90. The van der Waals surface area contributed by atoms with Crippen molar-refractivity contribution in [3.05, 3.63) is 59.4 Å². The van der Waals surface area contributed by atoms with E-state index in [0.717, 1.165) is 16.7 Å². The molecule has 1 aromatic heterocycles. The number of carbonyl (C=O) groups excluding carboxylic acids is 1. The van der Waals surface area contributed by atoms with Crippen molar-refractivity contribution in [3.8, 4) is 17.0 Å². The molecule has 1 heterocycles. The third kappa shape index (κ3) is 3.88. The summed E-state index contributed by atoms with van der Waals surface area (Å²) in [5.41, 5.74) is 3.47. The number of aromatic nitrogens is 2. The van der Waals surface area contributed by atoms with Gasteiger partial charge in [0.1, 0.15) is 11.6 Å². The van der Waals surface area contributed by atoms with Gasteiger partial charge < -0.3 is 10.1 Å². The molecule has 26 heavy (non-hydrogen) atoms. The number of hydrogen-bond acceptors (Lipinski definition) is 5. The Hall–Kier alpha value is -3.22. The Morgan fingerprint density at radius 2 is 1.85 bits per heavy atom. The van der Waals surface area contributed by atoms with Crippen LogP contribution < -0.4 is 10.1 Å². The number of nitrogens with one attached hydrogen (secondary N) is 1. The Morgan fingerprint density at radius 3 is 2.54 bits per heavy atom. The van der Waals surface area contributed by atoms with Crippen LogP contribution in [0.4, 0.5) is 10.2 Å². The zero-order valence-corrected chi connectivity index (χ0v) is 14.6. The third-order valence-corrected chi connectivity index (χ3v) is 4.01. The first-order chi connectivity index (χ1) is 12.4. The molecule has 0 unspecified atom stereocenters. The lowest BCUT2D eigenvalue weighted by atomic mass is 10.0. The van der Waals surface area contributed by atoms with E-state index in [1.807, 2.05) is 32.0 Å². The summed E-state index contributed by atoms with van der Waals surface area (Å²) in [5, 5.41) is 10.3. The number of anilines is 1.